The van der Waals surface area contributed by atoms with Gasteiger partial charge in [-0.05, 0) is 33.3 Å². The van der Waals surface area contributed by atoms with Crippen molar-refractivity contribution in [3.05, 3.63) is 30.3 Å². The van der Waals surface area contributed by atoms with Gasteiger partial charge in [-0.3, -0.25) is 20.7 Å². The number of rotatable bonds is 6. The van der Waals surface area contributed by atoms with Crippen molar-refractivity contribution in [2.45, 2.75) is 12.2 Å². The van der Waals surface area contributed by atoms with E-state index in [1.165, 1.54) is 0 Å². The molecule has 0 bridgehead atoms. The lowest BCUT2D eigenvalue weighted by Gasteiger charge is -2.32. The molecule has 5 heteroatoms. The molecule has 0 saturated heterocycles. The van der Waals surface area contributed by atoms with Crippen molar-refractivity contribution in [3.63, 3.8) is 0 Å². The summed E-state index contributed by atoms with van der Waals surface area (Å²) in [6.45, 7) is 0. The Kier molecular flexibility index (Phi) is 5.09. The van der Waals surface area contributed by atoms with E-state index in [1.54, 1.807) is 21.1 Å². The van der Waals surface area contributed by atoms with Crippen molar-refractivity contribution in [1.29, 1.82) is 0 Å². The molecule has 1 rings (SSSR count). The number of benzene rings is 1. The van der Waals surface area contributed by atoms with Crippen LogP contribution in [0.3, 0.4) is 0 Å². The molecule has 0 aliphatic heterocycles. The molecule has 0 heterocycles. The number of hydrogen-bond donors (Lipinski definition) is 4. The number of carbonyl (C=O) groups excluding carboxylic acids is 1. The van der Waals surface area contributed by atoms with Crippen LogP contribution < -0.4 is 21.3 Å². The van der Waals surface area contributed by atoms with Gasteiger partial charge in [-0.25, -0.2) is 0 Å². The van der Waals surface area contributed by atoms with Crippen LogP contribution in [-0.2, 0) is 4.79 Å². The van der Waals surface area contributed by atoms with Crippen molar-refractivity contribution in [3.8, 4) is 0 Å². The number of anilines is 1. The predicted molar refractivity (Wildman–Crippen MR) is 69.6 cm³/mol. The molecule has 5 nitrogen and oxygen atoms in total. The molecule has 1 aromatic carbocycles. The van der Waals surface area contributed by atoms with E-state index in [-0.39, 0.29) is 12.3 Å². The summed E-state index contributed by atoms with van der Waals surface area (Å²) in [5.41, 5.74) is 0.801. The Labute approximate surface area is 102 Å². The normalized spacial score (nSPS) is 11.2. The van der Waals surface area contributed by atoms with Crippen LogP contribution in [0.2, 0.25) is 0 Å². The Morgan fingerprint density at radius 3 is 2.06 bits per heavy atom. The lowest BCUT2D eigenvalue weighted by molar-refractivity contribution is -0.118. The molecule has 1 aromatic rings. The van der Waals surface area contributed by atoms with E-state index in [1.807, 2.05) is 30.3 Å². The molecule has 0 atom stereocenters. The van der Waals surface area contributed by atoms with Gasteiger partial charge in [0.2, 0.25) is 5.91 Å². The fourth-order valence-electron chi connectivity index (χ4n) is 1.61. The van der Waals surface area contributed by atoms with E-state index in [9.17, 15) is 4.79 Å². The maximum Gasteiger partial charge on any atom is 0.229 e. The summed E-state index contributed by atoms with van der Waals surface area (Å²) in [5, 5.41) is 12.0. The second-order valence-corrected chi connectivity index (χ2v) is 3.75. The van der Waals surface area contributed by atoms with E-state index >= 15 is 0 Å². The van der Waals surface area contributed by atoms with Crippen molar-refractivity contribution in [2.24, 2.45) is 0 Å². The van der Waals surface area contributed by atoms with Gasteiger partial charge in [0.05, 0.1) is 6.42 Å². The van der Waals surface area contributed by atoms with Gasteiger partial charge < -0.3 is 5.32 Å². The second kappa shape index (κ2) is 6.34. The molecule has 4 N–H and O–H groups in total. The Hall–Kier alpha value is -1.43. The van der Waals surface area contributed by atoms with Crippen LogP contribution in [0.4, 0.5) is 5.69 Å². The molecule has 94 valence electrons. The lowest BCUT2D eigenvalue weighted by Crippen LogP contribution is -2.64. The Morgan fingerprint density at radius 2 is 1.59 bits per heavy atom. The first-order valence-electron chi connectivity index (χ1n) is 5.57. The molecule has 0 radical (unpaired) electrons. The predicted octanol–water partition coefficient (Wildman–Crippen LogP) is 0.327. The minimum absolute atomic E-state index is 0.0609. The summed E-state index contributed by atoms with van der Waals surface area (Å²) in [5.74, 6) is -0.645. The zero-order valence-electron chi connectivity index (χ0n) is 10.5. The second-order valence-electron chi connectivity index (χ2n) is 3.75. The van der Waals surface area contributed by atoms with Gasteiger partial charge in [-0.15, -0.1) is 0 Å². The fourth-order valence-corrected chi connectivity index (χ4v) is 1.61. The average molecular weight is 236 g/mol. The van der Waals surface area contributed by atoms with Crippen molar-refractivity contribution in [1.82, 2.24) is 16.0 Å². The molecule has 0 aliphatic carbocycles. The van der Waals surface area contributed by atoms with Crippen LogP contribution in [0.5, 0.6) is 0 Å². The summed E-state index contributed by atoms with van der Waals surface area (Å²) in [6.07, 6.45) is 0.283. The first-order chi connectivity index (χ1) is 8.15. The van der Waals surface area contributed by atoms with E-state index < -0.39 is 5.79 Å². The van der Waals surface area contributed by atoms with E-state index in [0.29, 0.717) is 0 Å². The molecule has 0 saturated carbocycles. The summed E-state index contributed by atoms with van der Waals surface area (Å²) in [7, 11) is 5.38. The average Bonchev–Trinajstić information content (AvgIpc) is 2.37. The summed E-state index contributed by atoms with van der Waals surface area (Å²) in [4.78, 5) is 11.9. The third-order valence-corrected chi connectivity index (χ3v) is 2.76. The van der Waals surface area contributed by atoms with Crippen LogP contribution in [0, 0.1) is 0 Å². The molecule has 0 aliphatic rings. The first kappa shape index (κ1) is 13.6. The number of hydrogen-bond acceptors (Lipinski definition) is 4. The Balaban J connectivity index is 2.60. The highest BCUT2D eigenvalue weighted by Crippen LogP contribution is 2.08. The van der Waals surface area contributed by atoms with Gasteiger partial charge in [0.1, 0.15) is 5.79 Å². The maximum absolute atomic E-state index is 11.9. The topological polar surface area (TPSA) is 65.2 Å². The molecule has 0 aromatic heterocycles. The molecule has 17 heavy (non-hydrogen) atoms. The zero-order valence-corrected chi connectivity index (χ0v) is 10.5. The highest BCUT2D eigenvalue weighted by Gasteiger charge is 2.26. The SMILES string of the molecule is CNC(CC(=O)Nc1ccccc1)(NC)NC. The summed E-state index contributed by atoms with van der Waals surface area (Å²) >= 11 is 0. The molecule has 1 amide bonds. The van der Waals surface area contributed by atoms with Crippen molar-refractivity contribution in [2.75, 3.05) is 26.5 Å². The lowest BCUT2D eigenvalue weighted by atomic mass is 10.2. The number of nitrogens with one attached hydrogen (secondary N) is 4. The first-order valence-corrected chi connectivity index (χ1v) is 5.57. The molecular formula is C12H20N4O. The van der Waals surface area contributed by atoms with Crippen molar-refractivity contribution < 1.29 is 4.79 Å². The van der Waals surface area contributed by atoms with Gasteiger partial charge in [-0.1, -0.05) is 18.2 Å². The monoisotopic (exact) mass is 236 g/mol. The van der Waals surface area contributed by atoms with E-state index in [4.69, 9.17) is 0 Å². The van der Waals surface area contributed by atoms with Gasteiger partial charge in [0.25, 0.3) is 0 Å². The van der Waals surface area contributed by atoms with Crippen molar-refractivity contribution >= 4 is 11.6 Å². The Bertz CT molecular complexity index is 341. The number of amides is 1. The van der Waals surface area contributed by atoms with E-state index in [2.05, 4.69) is 21.3 Å². The number of para-hydroxylation sites is 1. The van der Waals surface area contributed by atoms with Gasteiger partial charge >= 0.3 is 0 Å². The standard InChI is InChI=1S/C12H20N4O/c1-13-12(14-2,15-3)9-11(17)16-10-7-5-4-6-8-10/h4-8,13-15H,9H2,1-3H3,(H,16,17). The third kappa shape index (κ3) is 3.81. The molecule has 0 spiro atoms. The van der Waals surface area contributed by atoms with E-state index in [0.717, 1.165) is 5.69 Å². The smallest absolute Gasteiger partial charge is 0.229 e. The van der Waals surface area contributed by atoms with Crippen LogP contribution in [0.15, 0.2) is 30.3 Å². The minimum Gasteiger partial charge on any atom is -0.326 e. The van der Waals surface area contributed by atoms with Crippen LogP contribution in [-0.4, -0.2) is 32.8 Å². The quantitative estimate of drug-likeness (QED) is 0.537. The highest BCUT2D eigenvalue weighted by molar-refractivity contribution is 5.91. The Morgan fingerprint density at radius 1 is 1.06 bits per heavy atom. The summed E-state index contributed by atoms with van der Waals surface area (Å²) < 4.78 is 0. The largest absolute Gasteiger partial charge is 0.326 e. The highest BCUT2D eigenvalue weighted by atomic mass is 16.1. The maximum atomic E-state index is 11.9. The third-order valence-electron chi connectivity index (χ3n) is 2.76. The summed E-state index contributed by atoms with van der Waals surface area (Å²) in [6, 6.07) is 9.40. The van der Waals surface area contributed by atoms with Gasteiger partial charge in [0, 0.05) is 5.69 Å². The van der Waals surface area contributed by atoms with Gasteiger partial charge in [0.15, 0.2) is 0 Å². The number of carbonyl (C=O) groups is 1. The van der Waals surface area contributed by atoms with Gasteiger partial charge in [-0.2, -0.15) is 0 Å². The van der Waals surface area contributed by atoms with Crippen LogP contribution >= 0.6 is 0 Å². The fraction of sp³-hybridized carbons (Fsp3) is 0.417. The molecule has 0 fully saturated rings. The minimum atomic E-state index is -0.584. The van der Waals surface area contributed by atoms with Crippen LogP contribution in [0.1, 0.15) is 6.42 Å². The molecular weight excluding hydrogens is 216 g/mol. The zero-order chi connectivity index (χ0) is 12.7. The molecule has 0 unspecified atom stereocenters. The van der Waals surface area contributed by atoms with Crippen LogP contribution in [0.25, 0.3) is 0 Å².